The molecule has 0 aliphatic heterocycles. The van der Waals surface area contributed by atoms with Crippen molar-refractivity contribution in [3.63, 3.8) is 0 Å². The van der Waals surface area contributed by atoms with Crippen molar-refractivity contribution in [1.29, 1.82) is 5.26 Å². The minimum atomic E-state index is -0.470. The van der Waals surface area contributed by atoms with E-state index in [0.29, 0.717) is 17.0 Å². The number of hydrogen-bond acceptors (Lipinski definition) is 6. The fraction of sp³-hybridized carbons (Fsp3) is 0.385. The standard InChI is InChI=1S/C13H16N2O4/c1-9(8-14)18-5-6-19-12-4-3-10(7-11(12)15)13(16)17-2/h3-4,7,9H,5-6,15H2,1-2H3. The quantitative estimate of drug-likeness (QED) is 0.473. The molecule has 0 amide bonds. The molecule has 1 aromatic carbocycles. The Morgan fingerprint density at radius 2 is 2.21 bits per heavy atom. The van der Waals surface area contributed by atoms with Crippen molar-refractivity contribution in [2.24, 2.45) is 0 Å². The van der Waals surface area contributed by atoms with Crippen LogP contribution in [-0.4, -0.2) is 32.4 Å². The van der Waals surface area contributed by atoms with Crippen LogP contribution in [-0.2, 0) is 9.47 Å². The van der Waals surface area contributed by atoms with Gasteiger partial charge in [0.25, 0.3) is 0 Å². The number of carbonyl (C=O) groups excluding carboxylic acids is 1. The van der Waals surface area contributed by atoms with Crippen molar-refractivity contribution in [2.75, 3.05) is 26.1 Å². The molecule has 2 N–H and O–H groups in total. The van der Waals surface area contributed by atoms with Gasteiger partial charge in [-0.05, 0) is 25.1 Å². The first-order chi connectivity index (χ1) is 9.08. The molecule has 1 unspecified atom stereocenters. The maximum Gasteiger partial charge on any atom is 0.337 e. The second-order valence-corrected chi connectivity index (χ2v) is 3.73. The van der Waals surface area contributed by atoms with E-state index in [1.54, 1.807) is 19.1 Å². The third-order valence-corrected chi connectivity index (χ3v) is 2.32. The molecule has 1 aromatic rings. The van der Waals surface area contributed by atoms with Gasteiger partial charge in [-0.1, -0.05) is 0 Å². The number of nitrogens with zero attached hydrogens (tertiary/aromatic N) is 1. The van der Waals surface area contributed by atoms with Gasteiger partial charge in [-0.15, -0.1) is 0 Å². The molecule has 19 heavy (non-hydrogen) atoms. The molecule has 1 atom stereocenters. The van der Waals surface area contributed by atoms with Crippen molar-refractivity contribution < 1.29 is 19.0 Å². The monoisotopic (exact) mass is 264 g/mol. The van der Waals surface area contributed by atoms with Crippen molar-refractivity contribution in [1.82, 2.24) is 0 Å². The Hall–Kier alpha value is -2.26. The highest BCUT2D eigenvalue weighted by molar-refractivity contribution is 5.90. The molecule has 0 saturated heterocycles. The predicted molar refractivity (Wildman–Crippen MR) is 68.7 cm³/mol. The Labute approximate surface area is 111 Å². The molecule has 0 saturated carbocycles. The zero-order chi connectivity index (χ0) is 14.3. The summed E-state index contributed by atoms with van der Waals surface area (Å²) in [5.74, 6) is 0.00490. The zero-order valence-corrected chi connectivity index (χ0v) is 10.9. The SMILES string of the molecule is COC(=O)c1ccc(OCCOC(C)C#N)c(N)c1. The maximum absolute atomic E-state index is 11.3. The molecule has 0 radical (unpaired) electrons. The van der Waals surface area contributed by atoms with E-state index in [9.17, 15) is 4.79 Å². The van der Waals surface area contributed by atoms with E-state index in [0.717, 1.165) is 0 Å². The molecular weight excluding hydrogens is 248 g/mol. The lowest BCUT2D eigenvalue weighted by molar-refractivity contribution is 0.0600. The normalized spacial score (nSPS) is 11.4. The van der Waals surface area contributed by atoms with E-state index in [1.807, 2.05) is 6.07 Å². The first kappa shape index (κ1) is 14.8. The number of rotatable bonds is 6. The van der Waals surface area contributed by atoms with Gasteiger partial charge in [-0.2, -0.15) is 5.26 Å². The van der Waals surface area contributed by atoms with Crippen LogP contribution in [0, 0.1) is 11.3 Å². The van der Waals surface area contributed by atoms with E-state index in [1.165, 1.54) is 13.2 Å². The van der Waals surface area contributed by atoms with Gasteiger partial charge in [0.15, 0.2) is 0 Å². The molecule has 0 heterocycles. The van der Waals surface area contributed by atoms with Crippen LogP contribution < -0.4 is 10.5 Å². The van der Waals surface area contributed by atoms with Gasteiger partial charge in [0.05, 0.1) is 31.0 Å². The molecule has 0 aliphatic carbocycles. The average molecular weight is 264 g/mol. The number of methoxy groups -OCH3 is 1. The van der Waals surface area contributed by atoms with E-state index in [2.05, 4.69) is 4.74 Å². The molecular formula is C13H16N2O4. The summed E-state index contributed by atoms with van der Waals surface area (Å²) in [4.78, 5) is 11.3. The summed E-state index contributed by atoms with van der Waals surface area (Å²) in [6, 6.07) is 6.59. The van der Waals surface area contributed by atoms with Gasteiger partial charge >= 0.3 is 5.97 Å². The van der Waals surface area contributed by atoms with Crippen molar-refractivity contribution in [3.05, 3.63) is 23.8 Å². The summed E-state index contributed by atoms with van der Waals surface area (Å²) in [6.07, 6.45) is -0.470. The highest BCUT2D eigenvalue weighted by Gasteiger charge is 2.08. The number of ether oxygens (including phenoxy) is 3. The number of esters is 1. The van der Waals surface area contributed by atoms with Crippen LogP contribution >= 0.6 is 0 Å². The second-order valence-electron chi connectivity index (χ2n) is 3.73. The highest BCUT2D eigenvalue weighted by Crippen LogP contribution is 2.22. The minimum absolute atomic E-state index is 0.272. The number of nitrogen functional groups attached to an aromatic ring is 1. The van der Waals surface area contributed by atoms with Crippen LogP contribution in [0.4, 0.5) is 5.69 Å². The summed E-state index contributed by atoms with van der Waals surface area (Å²) in [6.45, 7) is 2.21. The lowest BCUT2D eigenvalue weighted by Crippen LogP contribution is -2.13. The van der Waals surface area contributed by atoms with Crippen LogP contribution in [0.1, 0.15) is 17.3 Å². The molecule has 6 nitrogen and oxygen atoms in total. The average Bonchev–Trinajstić information content (AvgIpc) is 2.43. The van der Waals surface area contributed by atoms with E-state index >= 15 is 0 Å². The van der Waals surface area contributed by atoms with Crippen LogP contribution in [0.2, 0.25) is 0 Å². The summed E-state index contributed by atoms with van der Waals surface area (Å²) < 4.78 is 15.1. The summed E-state index contributed by atoms with van der Waals surface area (Å²) >= 11 is 0. The van der Waals surface area contributed by atoms with Crippen LogP contribution in [0.15, 0.2) is 18.2 Å². The van der Waals surface area contributed by atoms with Crippen LogP contribution in [0.25, 0.3) is 0 Å². The lowest BCUT2D eigenvalue weighted by Gasteiger charge is -2.10. The third kappa shape index (κ3) is 4.48. The highest BCUT2D eigenvalue weighted by atomic mass is 16.5. The number of nitrogens with two attached hydrogens (primary N) is 1. The Morgan fingerprint density at radius 3 is 2.79 bits per heavy atom. The van der Waals surface area contributed by atoms with Gasteiger partial charge in [-0.25, -0.2) is 4.79 Å². The van der Waals surface area contributed by atoms with Crippen LogP contribution in [0.5, 0.6) is 5.75 Å². The van der Waals surface area contributed by atoms with Crippen molar-refractivity contribution in [2.45, 2.75) is 13.0 Å². The number of nitriles is 1. The van der Waals surface area contributed by atoms with Gasteiger partial charge in [0.1, 0.15) is 18.5 Å². The predicted octanol–water partition coefficient (Wildman–Crippen LogP) is 1.36. The Morgan fingerprint density at radius 1 is 1.47 bits per heavy atom. The van der Waals surface area contributed by atoms with Gasteiger partial charge in [-0.3, -0.25) is 0 Å². The zero-order valence-electron chi connectivity index (χ0n) is 10.9. The van der Waals surface area contributed by atoms with E-state index in [-0.39, 0.29) is 13.2 Å². The fourth-order valence-corrected chi connectivity index (χ4v) is 1.34. The number of carbonyl (C=O) groups is 1. The largest absolute Gasteiger partial charge is 0.489 e. The number of benzene rings is 1. The first-order valence-corrected chi connectivity index (χ1v) is 5.70. The van der Waals surface area contributed by atoms with E-state index in [4.69, 9.17) is 20.5 Å². The summed E-state index contributed by atoms with van der Waals surface area (Å²) in [7, 11) is 1.30. The first-order valence-electron chi connectivity index (χ1n) is 5.70. The van der Waals surface area contributed by atoms with Crippen molar-refractivity contribution >= 4 is 11.7 Å². The summed E-state index contributed by atoms with van der Waals surface area (Å²) in [5.41, 5.74) is 6.46. The Kier molecular flexibility index (Phi) is 5.64. The molecule has 0 fully saturated rings. The van der Waals surface area contributed by atoms with Gasteiger partial charge in [0, 0.05) is 0 Å². The third-order valence-electron chi connectivity index (χ3n) is 2.32. The van der Waals surface area contributed by atoms with E-state index < -0.39 is 12.1 Å². The molecule has 1 rings (SSSR count). The molecule has 102 valence electrons. The van der Waals surface area contributed by atoms with Crippen molar-refractivity contribution in [3.8, 4) is 11.8 Å². The fourth-order valence-electron chi connectivity index (χ4n) is 1.34. The number of anilines is 1. The molecule has 6 heteroatoms. The molecule has 0 spiro atoms. The molecule has 0 aliphatic rings. The van der Waals surface area contributed by atoms with Gasteiger partial charge in [0.2, 0.25) is 0 Å². The maximum atomic E-state index is 11.3. The topological polar surface area (TPSA) is 94.6 Å². The summed E-state index contributed by atoms with van der Waals surface area (Å²) in [5, 5.41) is 8.52. The van der Waals surface area contributed by atoms with Crippen LogP contribution in [0.3, 0.4) is 0 Å². The number of hydrogen-bond donors (Lipinski definition) is 1. The molecule has 0 aromatic heterocycles. The second kappa shape index (κ2) is 7.24. The smallest absolute Gasteiger partial charge is 0.337 e. The minimum Gasteiger partial charge on any atom is -0.489 e. The van der Waals surface area contributed by atoms with Gasteiger partial charge < -0.3 is 19.9 Å². The Balaban J connectivity index is 2.52. The lowest BCUT2D eigenvalue weighted by atomic mass is 10.2. The molecule has 0 bridgehead atoms. The Bertz CT molecular complexity index is 482.